The molecule has 2 amide bonds. The fraction of sp³-hybridized carbons (Fsp3) is 0.100. The van der Waals surface area contributed by atoms with Crippen LogP contribution in [0.2, 0.25) is 5.02 Å². The van der Waals surface area contributed by atoms with Crippen molar-refractivity contribution in [1.82, 2.24) is 5.32 Å². The van der Waals surface area contributed by atoms with E-state index in [0.29, 0.717) is 22.0 Å². The number of nitrogens with one attached hydrogen (secondary N) is 1. The summed E-state index contributed by atoms with van der Waals surface area (Å²) in [5.74, 6) is -0.525. The van der Waals surface area contributed by atoms with E-state index in [0.717, 1.165) is 28.3 Å². The van der Waals surface area contributed by atoms with Crippen molar-refractivity contribution in [3.8, 4) is 5.75 Å². The van der Waals surface area contributed by atoms with Gasteiger partial charge in [0.1, 0.15) is 17.9 Å². The number of hydrogen-bond acceptors (Lipinski definition) is 4. The lowest BCUT2D eigenvalue weighted by molar-refractivity contribution is -0.122. The largest absolute Gasteiger partial charge is 0.488 e. The Bertz CT molecular complexity index is 1560. The molecule has 0 aliphatic carbocycles. The minimum absolute atomic E-state index is 0.0351. The van der Waals surface area contributed by atoms with Crippen LogP contribution in [0.4, 0.5) is 5.69 Å². The van der Waals surface area contributed by atoms with Crippen molar-refractivity contribution in [2.45, 2.75) is 20.0 Å². The summed E-state index contributed by atoms with van der Waals surface area (Å²) in [5, 5.41) is 5.10. The molecule has 7 heteroatoms. The number of nitrogens with zero attached hydrogens (tertiary/aromatic N) is 1. The van der Waals surface area contributed by atoms with Crippen LogP contribution in [0.3, 0.4) is 0 Å². The Labute approximate surface area is 225 Å². The van der Waals surface area contributed by atoms with Crippen LogP contribution in [-0.2, 0) is 22.6 Å². The van der Waals surface area contributed by atoms with Crippen molar-refractivity contribution in [3.63, 3.8) is 0 Å². The Morgan fingerprint density at radius 2 is 1.68 bits per heavy atom. The Morgan fingerprint density at radius 3 is 2.43 bits per heavy atom. The number of hydrogen-bond donors (Lipinski definition) is 1. The molecule has 184 valence electrons. The molecule has 5 nitrogen and oxygen atoms in total. The normalized spacial score (nSPS) is 14.8. The maximum atomic E-state index is 13.6. The lowest BCUT2D eigenvalue weighted by Crippen LogP contribution is -2.54. The molecule has 4 aromatic rings. The summed E-state index contributed by atoms with van der Waals surface area (Å²) in [4.78, 5) is 28.0. The van der Waals surface area contributed by atoms with Crippen molar-refractivity contribution in [2.75, 3.05) is 4.90 Å². The molecule has 0 aromatic heterocycles. The minimum atomic E-state index is -0.554. The van der Waals surface area contributed by atoms with Crippen LogP contribution >= 0.6 is 23.8 Å². The average molecular weight is 527 g/mol. The third-order valence-corrected chi connectivity index (χ3v) is 6.92. The molecule has 1 saturated heterocycles. The van der Waals surface area contributed by atoms with Gasteiger partial charge in [0.15, 0.2) is 5.11 Å². The molecule has 0 spiro atoms. The monoisotopic (exact) mass is 526 g/mol. The van der Waals surface area contributed by atoms with Crippen LogP contribution < -0.4 is 15.0 Å². The van der Waals surface area contributed by atoms with Gasteiger partial charge in [-0.2, -0.15) is 0 Å². The van der Waals surface area contributed by atoms with Gasteiger partial charge in [-0.1, -0.05) is 79.2 Å². The Morgan fingerprint density at radius 1 is 0.946 bits per heavy atom. The summed E-state index contributed by atoms with van der Waals surface area (Å²) < 4.78 is 6.17. The molecule has 0 unspecified atom stereocenters. The number of amides is 2. The van der Waals surface area contributed by atoms with E-state index < -0.39 is 11.8 Å². The van der Waals surface area contributed by atoms with Crippen LogP contribution in [0, 0.1) is 0 Å². The number of benzene rings is 4. The maximum absolute atomic E-state index is 13.6. The molecule has 1 heterocycles. The molecular weight excluding hydrogens is 504 g/mol. The van der Waals surface area contributed by atoms with Gasteiger partial charge in [-0.05, 0) is 65.3 Å². The second-order valence-corrected chi connectivity index (χ2v) is 9.35. The van der Waals surface area contributed by atoms with Gasteiger partial charge < -0.3 is 4.74 Å². The number of halogens is 1. The highest BCUT2D eigenvalue weighted by Gasteiger charge is 2.34. The van der Waals surface area contributed by atoms with Gasteiger partial charge in [0.25, 0.3) is 11.8 Å². The van der Waals surface area contributed by atoms with E-state index in [-0.39, 0.29) is 17.3 Å². The molecule has 4 aromatic carbocycles. The van der Waals surface area contributed by atoms with Crippen molar-refractivity contribution in [1.29, 1.82) is 0 Å². The number of anilines is 1. The molecule has 0 saturated carbocycles. The zero-order chi connectivity index (χ0) is 25.9. The van der Waals surface area contributed by atoms with E-state index in [2.05, 4.69) is 12.2 Å². The van der Waals surface area contributed by atoms with Crippen LogP contribution in [0.25, 0.3) is 16.8 Å². The molecule has 0 radical (unpaired) electrons. The van der Waals surface area contributed by atoms with Crippen LogP contribution in [0.15, 0.2) is 90.5 Å². The molecule has 1 aliphatic rings. The van der Waals surface area contributed by atoms with Crippen molar-refractivity contribution in [3.05, 3.63) is 112 Å². The van der Waals surface area contributed by atoms with Crippen LogP contribution in [0.1, 0.15) is 23.6 Å². The van der Waals surface area contributed by atoms with Gasteiger partial charge in [0, 0.05) is 16.1 Å². The molecule has 1 N–H and O–H groups in total. The summed E-state index contributed by atoms with van der Waals surface area (Å²) >= 11 is 11.7. The van der Waals surface area contributed by atoms with Gasteiger partial charge in [-0.25, -0.2) is 0 Å². The zero-order valence-corrected chi connectivity index (χ0v) is 21.6. The highest BCUT2D eigenvalue weighted by molar-refractivity contribution is 7.80. The summed E-state index contributed by atoms with van der Waals surface area (Å²) in [7, 11) is 0. The van der Waals surface area contributed by atoms with E-state index in [1.54, 1.807) is 12.1 Å². The van der Waals surface area contributed by atoms with E-state index in [4.69, 9.17) is 28.6 Å². The van der Waals surface area contributed by atoms with Gasteiger partial charge in [0.05, 0.1) is 5.69 Å². The second-order valence-electron chi connectivity index (χ2n) is 8.56. The van der Waals surface area contributed by atoms with Crippen molar-refractivity contribution in [2.24, 2.45) is 0 Å². The quantitative estimate of drug-likeness (QED) is 0.178. The fourth-order valence-corrected chi connectivity index (χ4v) is 4.71. The Kier molecular flexibility index (Phi) is 7.04. The topological polar surface area (TPSA) is 58.6 Å². The van der Waals surface area contributed by atoms with Gasteiger partial charge in [-0.15, -0.1) is 0 Å². The maximum Gasteiger partial charge on any atom is 0.270 e. The number of fused-ring (bicyclic) bond motifs is 1. The van der Waals surface area contributed by atoms with Crippen LogP contribution in [-0.4, -0.2) is 16.9 Å². The highest BCUT2D eigenvalue weighted by Crippen LogP contribution is 2.33. The molecular formula is C30H23ClN2O3S. The third-order valence-electron chi connectivity index (χ3n) is 6.26. The molecule has 1 fully saturated rings. The summed E-state index contributed by atoms with van der Waals surface area (Å²) in [6, 6.07) is 26.5. The SMILES string of the molecule is CCc1ccc(N2C(=O)/C(=C/c3c(OCc4ccccc4Cl)ccc4ccccc34)C(=O)NC2=S)cc1. The van der Waals surface area contributed by atoms with Gasteiger partial charge >= 0.3 is 0 Å². The summed E-state index contributed by atoms with van der Waals surface area (Å²) in [6.45, 7) is 2.29. The van der Waals surface area contributed by atoms with Crippen LogP contribution in [0.5, 0.6) is 5.75 Å². The number of carbonyl (C=O) groups excluding carboxylic acids is 2. The summed E-state index contributed by atoms with van der Waals surface area (Å²) in [5.41, 5.74) is 3.14. The first-order valence-corrected chi connectivity index (χ1v) is 12.6. The number of ether oxygens (including phenoxy) is 1. The van der Waals surface area contributed by atoms with Gasteiger partial charge in [0.2, 0.25) is 0 Å². The lowest BCUT2D eigenvalue weighted by Gasteiger charge is -2.29. The summed E-state index contributed by atoms with van der Waals surface area (Å²) in [6.07, 6.45) is 2.45. The van der Waals surface area contributed by atoms with Crippen molar-refractivity contribution < 1.29 is 14.3 Å². The third kappa shape index (κ3) is 4.99. The van der Waals surface area contributed by atoms with Gasteiger partial charge in [-0.3, -0.25) is 19.8 Å². The van der Waals surface area contributed by atoms with E-state index in [9.17, 15) is 9.59 Å². The average Bonchev–Trinajstić information content (AvgIpc) is 2.91. The first-order chi connectivity index (χ1) is 18.0. The predicted molar refractivity (Wildman–Crippen MR) is 152 cm³/mol. The second kappa shape index (κ2) is 10.5. The first kappa shape index (κ1) is 24.7. The lowest BCUT2D eigenvalue weighted by atomic mass is 9.99. The van der Waals surface area contributed by atoms with E-state index in [1.165, 1.54) is 4.90 Å². The smallest absolute Gasteiger partial charge is 0.270 e. The Hall–Kier alpha value is -4.00. The fourth-order valence-electron chi connectivity index (χ4n) is 4.24. The standard InChI is InChI=1S/C30H23ClN2O3S/c1-2-19-11-14-22(15-12-19)33-29(35)25(28(34)32-30(33)37)17-24-23-9-5-3-7-20(23)13-16-27(24)36-18-21-8-4-6-10-26(21)31/h3-17H,2,18H2,1H3,(H,32,34,37)/b25-17+. The van der Waals surface area contributed by atoms with E-state index in [1.807, 2.05) is 78.9 Å². The molecule has 0 bridgehead atoms. The zero-order valence-electron chi connectivity index (χ0n) is 20.0. The molecule has 0 atom stereocenters. The number of rotatable bonds is 6. The van der Waals surface area contributed by atoms with E-state index >= 15 is 0 Å². The van der Waals surface area contributed by atoms with Crippen molar-refractivity contribution >= 4 is 63.3 Å². The number of carbonyl (C=O) groups is 2. The molecule has 37 heavy (non-hydrogen) atoms. The molecule has 5 rings (SSSR count). The first-order valence-electron chi connectivity index (χ1n) is 11.8. The molecule has 1 aliphatic heterocycles. The Balaban J connectivity index is 1.57. The number of aryl methyl sites for hydroxylation is 1. The predicted octanol–water partition coefficient (Wildman–Crippen LogP) is 6.47. The highest BCUT2D eigenvalue weighted by atomic mass is 35.5. The number of thiocarbonyl (C=S) groups is 1. The minimum Gasteiger partial charge on any atom is -0.488 e.